The van der Waals surface area contributed by atoms with Crippen LogP contribution in [-0.2, 0) is 10.0 Å². The largest absolute Gasteiger partial charge is 0.269 e. The molecule has 0 N–H and O–H groups in total. The van der Waals surface area contributed by atoms with Crippen molar-refractivity contribution in [1.82, 2.24) is 8.96 Å². The topological polar surface area (TPSA) is 52.0 Å². The number of fused-ring (bicyclic) bond motifs is 1. The predicted molar refractivity (Wildman–Crippen MR) is 81.5 cm³/mol. The first kappa shape index (κ1) is 13.6. The lowest BCUT2D eigenvalue weighted by atomic mass is 10.3. The third-order valence-corrected chi connectivity index (χ3v) is 5.41. The zero-order chi connectivity index (χ0) is 14.3. The fourth-order valence-electron chi connectivity index (χ4n) is 1.90. The molecule has 0 aliphatic carbocycles. The van der Waals surface area contributed by atoms with E-state index in [1.807, 2.05) is 0 Å². The summed E-state index contributed by atoms with van der Waals surface area (Å²) in [6.07, 6.45) is 2.94. The van der Waals surface area contributed by atoms with Crippen LogP contribution in [0.3, 0.4) is 0 Å². The van der Waals surface area contributed by atoms with Crippen molar-refractivity contribution in [3.8, 4) is 0 Å². The highest BCUT2D eigenvalue weighted by molar-refractivity contribution is 9.10. The number of rotatable bonds is 2. The van der Waals surface area contributed by atoms with E-state index < -0.39 is 10.0 Å². The summed E-state index contributed by atoms with van der Waals surface area (Å²) in [4.78, 5) is 4.30. The Morgan fingerprint density at radius 1 is 1.10 bits per heavy atom. The van der Waals surface area contributed by atoms with Crippen LogP contribution < -0.4 is 0 Å². The number of hydrogen-bond acceptors (Lipinski definition) is 3. The van der Waals surface area contributed by atoms with Gasteiger partial charge in [-0.05, 0) is 36.4 Å². The van der Waals surface area contributed by atoms with Crippen LogP contribution in [0.2, 0.25) is 5.02 Å². The molecule has 0 unspecified atom stereocenters. The van der Waals surface area contributed by atoms with Crippen molar-refractivity contribution in [1.29, 1.82) is 0 Å². The second kappa shape index (κ2) is 4.87. The Labute approximate surface area is 129 Å². The van der Waals surface area contributed by atoms with Crippen molar-refractivity contribution in [2.24, 2.45) is 0 Å². The zero-order valence-electron chi connectivity index (χ0n) is 9.99. The van der Waals surface area contributed by atoms with Crippen LogP contribution in [0.1, 0.15) is 0 Å². The Morgan fingerprint density at radius 3 is 2.50 bits per heavy atom. The molecule has 0 aliphatic heterocycles. The summed E-state index contributed by atoms with van der Waals surface area (Å²) in [5.74, 6) is 0. The molecule has 0 saturated heterocycles. The van der Waals surface area contributed by atoms with Gasteiger partial charge in [0.05, 0.1) is 9.92 Å². The van der Waals surface area contributed by atoms with E-state index in [-0.39, 0.29) is 4.90 Å². The fourth-order valence-corrected chi connectivity index (χ4v) is 3.67. The first-order valence-corrected chi connectivity index (χ1v) is 8.24. The van der Waals surface area contributed by atoms with E-state index in [0.717, 1.165) is 8.45 Å². The van der Waals surface area contributed by atoms with E-state index in [1.165, 1.54) is 24.5 Å². The summed E-state index contributed by atoms with van der Waals surface area (Å²) in [5, 5.41) is 1.08. The molecule has 2 heterocycles. The Kier molecular flexibility index (Phi) is 3.32. The van der Waals surface area contributed by atoms with Gasteiger partial charge in [-0.25, -0.2) is 17.4 Å². The Balaban J connectivity index is 2.24. The lowest BCUT2D eigenvalue weighted by Gasteiger charge is -2.07. The lowest BCUT2D eigenvalue weighted by molar-refractivity contribution is 0.588. The molecule has 3 rings (SSSR count). The van der Waals surface area contributed by atoms with Gasteiger partial charge in [-0.15, -0.1) is 0 Å². The summed E-state index contributed by atoms with van der Waals surface area (Å²) >= 11 is 9.31. The van der Waals surface area contributed by atoms with Crippen LogP contribution in [-0.4, -0.2) is 17.4 Å². The first-order chi connectivity index (χ1) is 9.50. The standard InChI is InChI=1S/C13H8BrClN2O2S/c14-9-1-3-10(4-2-9)20(18,19)17-8-6-11-12(15)5-7-16-13(11)17/h1-8H. The molecule has 0 fully saturated rings. The maximum absolute atomic E-state index is 12.6. The molecule has 0 spiro atoms. The molecule has 20 heavy (non-hydrogen) atoms. The van der Waals surface area contributed by atoms with E-state index >= 15 is 0 Å². The molecule has 3 aromatic rings. The number of benzene rings is 1. The highest BCUT2D eigenvalue weighted by atomic mass is 79.9. The highest BCUT2D eigenvalue weighted by Crippen LogP contribution is 2.26. The van der Waals surface area contributed by atoms with Gasteiger partial charge in [0, 0.05) is 22.3 Å². The molecule has 7 heteroatoms. The van der Waals surface area contributed by atoms with Gasteiger partial charge in [0.2, 0.25) is 0 Å². The van der Waals surface area contributed by atoms with E-state index in [1.54, 1.807) is 24.3 Å². The van der Waals surface area contributed by atoms with Gasteiger partial charge in [0.1, 0.15) is 0 Å². The van der Waals surface area contributed by atoms with Crippen molar-refractivity contribution in [2.45, 2.75) is 4.90 Å². The van der Waals surface area contributed by atoms with E-state index in [2.05, 4.69) is 20.9 Å². The fraction of sp³-hybridized carbons (Fsp3) is 0. The van der Waals surface area contributed by atoms with Crippen LogP contribution in [0.4, 0.5) is 0 Å². The van der Waals surface area contributed by atoms with Gasteiger partial charge in [-0.2, -0.15) is 0 Å². The monoisotopic (exact) mass is 370 g/mol. The SMILES string of the molecule is O=S(=O)(c1ccc(Br)cc1)n1ccc2c(Cl)ccnc21. The molecule has 102 valence electrons. The Morgan fingerprint density at radius 2 is 1.80 bits per heavy atom. The van der Waals surface area contributed by atoms with Crippen LogP contribution in [0.15, 0.2) is 58.2 Å². The molecular formula is C13H8BrClN2O2S. The molecule has 0 aliphatic rings. The molecular weight excluding hydrogens is 364 g/mol. The Bertz CT molecular complexity index is 888. The molecule has 0 radical (unpaired) electrons. The quantitative estimate of drug-likeness (QED) is 0.690. The number of hydrogen-bond donors (Lipinski definition) is 0. The molecule has 0 saturated carbocycles. The maximum atomic E-state index is 12.6. The second-order valence-corrected chi connectivity index (χ2v) is 7.24. The third-order valence-electron chi connectivity index (χ3n) is 2.87. The molecule has 2 aromatic heterocycles. The van der Waals surface area contributed by atoms with Gasteiger partial charge in [0.25, 0.3) is 10.0 Å². The minimum atomic E-state index is -3.68. The lowest BCUT2D eigenvalue weighted by Crippen LogP contribution is -2.12. The molecule has 1 aromatic carbocycles. The smallest absolute Gasteiger partial charge is 0.237 e. The van der Waals surface area contributed by atoms with Gasteiger partial charge < -0.3 is 0 Å². The summed E-state index contributed by atoms with van der Waals surface area (Å²) in [6.45, 7) is 0. The third kappa shape index (κ3) is 2.13. The van der Waals surface area contributed by atoms with Crippen molar-refractivity contribution in [3.63, 3.8) is 0 Å². The van der Waals surface area contributed by atoms with Crippen molar-refractivity contribution < 1.29 is 8.42 Å². The number of pyridine rings is 1. The number of nitrogens with zero attached hydrogens (tertiary/aromatic N) is 2. The van der Waals surface area contributed by atoms with E-state index in [0.29, 0.717) is 16.1 Å². The number of aromatic nitrogens is 2. The summed E-state index contributed by atoms with van der Waals surface area (Å²) in [5.41, 5.74) is 0.320. The molecule has 0 amide bonds. The average molecular weight is 372 g/mol. The highest BCUT2D eigenvalue weighted by Gasteiger charge is 2.20. The van der Waals surface area contributed by atoms with Crippen LogP contribution >= 0.6 is 27.5 Å². The summed E-state index contributed by atoms with van der Waals surface area (Å²) < 4.78 is 27.1. The minimum Gasteiger partial charge on any atom is -0.237 e. The van der Waals surface area contributed by atoms with Gasteiger partial charge in [-0.3, -0.25) is 0 Å². The first-order valence-electron chi connectivity index (χ1n) is 5.63. The van der Waals surface area contributed by atoms with E-state index in [4.69, 9.17) is 11.6 Å². The van der Waals surface area contributed by atoms with Gasteiger partial charge >= 0.3 is 0 Å². The average Bonchev–Trinajstić information content (AvgIpc) is 2.85. The number of halogens is 2. The summed E-state index contributed by atoms with van der Waals surface area (Å²) in [7, 11) is -3.68. The zero-order valence-corrected chi connectivity index (χ0v) is 13.2. The van der Waals surface area contributed by atoms with Crippen LogP contribution in [0, 0.1) is 0 Å². The molecule has 0 bridgehead atoms. The maximum Gasteiger partial charge on any atom is 0.269 e. The van der Waals surface area contributed by atoms with Crippen molar-refractivity contribution >= 4 is 48.6 Å². The Hall–Kier alpha value is -1.37. The predicted octanol–water partition coefficient (Wildman–Crippen LogP) is 3.69. The van der Waals surface area contributed by atoms with Gasteiger partial charge in [0.15, 0.2) is 5.65 Å². The summed E-state index contributed by atoms with van der Waals surface area (Å²) in [6, 6.07) is 9.70. The van der Waals surface area contributed by atoms with Crippen molar-refractivity contribution in [3.05, 3.63) is 58.3 Å². The van der Waals surface area contributed by atoms with Crippen LogP contribution in [0.5, 0.6) is 0 Å². The minimum absolute atomic E-state index is 0.194. The van der Waals surface area contributed by atoms with Gasteiger partial charge in [-0.1, -0.05) is 27.5 Å². The molecule has 4 nitrogen and oxygen atoms in total. The van der Waals surface area contributed by atoms with E-state index in [9.17, 15) is 8.42 Å². The normalized spacial score (nSPS) is 11.9. The molecule has 0 atom stereocenters. The second-order valence-electron chi connectivity index (χ2n) is 4.10. The van der Waals surface area contributed by atoms with Crippen molar-refractivity contribution in [2.75, 3.05) is 0 Å². The van der Waals surface area contributed by atoms with Crippen LogP contribution in [0.25, 0.3) is 11.0 Å².